The Hall–Kier alpha value is -1.93. The van der Waals surface area contributed by atoms with E-state index in [1.807, 2.05) is 36.4 Å². The molecule has 0 saturated heterocycles. The van der Waals surface area contributed by atoms with Crippen LogP contribution in [0.25, 0.3) is 12.2 Å². The largest absolute Gasteiger partial charge is 0.504 e. The van der Waals surface area contributed by atoms with Crippen molar-refractivity contribution in [2.24, 2.45) is 0 Å². The van der Waals surface area contributed by atoms with Gasteiger partial charge in [0.25, 0.3) is 0 Å². The van der Waals surface area contributed by atoms with E-state index in [-0.39, 0.29) is 11.5 Å². The summed E-state index contributed by atoms with van der Waals surface area (Å²) >= 11 is 5.78. The molecule has 86 valence electrons. The van der Waals surface area contributed by atoms with Crippen LogP contribution in [0.3, 0.4) is 0 Å². The topological polar surface area (TPSA) is 40.5 Å². The summed E-state index contributed by atoms with van der Waals surface area (Å²) in [5, 5.41) is 19.2. The van der Waals surface area contributed by atoms with Crippen LogP contribution < -0.4 is 0 Å². The molecule has 0 heterocycles. The number of benzene rings is 2. The summed E-state index contributed by atoms with van der Waals surface area (Å²) in [6.07, 6.45) is 3.75. The molecule has 0 aliphatic carbocycles. The first-order chi connectivity index (χ1) is 8.15. The van der Waals surface area contributed by atoms with Crippen molar-refractivity contribution in [1.29, 1.82) is 0 Å². The average Bonchev–Trinajstić information content (AvgIpc) is 2.33. The van der Waals surface area contributed by atoms with Crippen LogP contribution in [0.15, 0.2) is 42.5 Å². The molecule has 2 nitrogen and oxygen atoms in total. The van der Waals surface area contributed by atoms with Crippen LogP contribution >= 0.6 is 11.6 Å². The van der Waals surface area contributed by atoms with Gasteiger partial charge in [0.05, 0.1) is 0 Å². The number of phenols is 2. The Labute approximate surface area is 104 Å². The Morgan fingerprint density at radius 3 is 2.00 bits per heavy atom. The van der Waals surface area contributed by atoms with Crippen molar-refractivity contribution < 1.29 is 10.2 Å². The Morgan fingerprint density at radius 2 is 1.35 bits per heavy atom. The Bertz CT molecular complexity index is 545. The smallest absolute Gasteiger partial charge is 0.157 e. The molecule has 3 heteroatoms. The minimum Gasteiger partial charge on any atom is -0.504 e. The molecule has 0 fully saturated rings. The lowest BCUT2D eigenvalue weighted by Crippen LogP contribution is -1.74. The van der Waals surface area contributed by atoms with Crippen molar-refractivity contribution in [2.45, 2.75) is 0 Å². The van der Waals surface area contributed by atoms with E-state index < -0.39 is 0 Å². The lowest BCUT2D eigenvalue weighted by atomic mass is 10.1. The SMILES string of the molecule is Oc1ccc(/C=C/c2ccc(Cl)cc2)cc1O. The zero-order valence-corrected chi connectivity index (χ0v) is 9.72. The molecule has 0 radical (unpaired) electrons. The standard InChI is InChI=1S/C14H11ClO2/c15-12-6-3-10(4-7-12)1-2-11-5-8-13(16)14(17)9-11/h1-9,16-17H/b2-1+. The first-order valence-corrected chi connectivity index (χ1v) is 5.48. The van der Waals surface area contributed by atoms with Crippen molar-refractivity contribution in [2.75, 3.05) is 0 Å². The van der Waals surface area contributed by atoms with E-state index in [1.165, 1.54) is 12.1 Å². The van der Waals surface area contributed by atoms with E-state index in [0.717, 1.165) is 11.1 Å². The van der Waals surface area contributed by atoms with Gasteiger partial charge in [-0.1, -0.05) is 42.0 Å². The second kappa shape index (κ2) is 4.93. The molecule has 0 atom stereocenters. The van der Waals surface area contributed by atoms with E-state index >= 15 is 0 Å². The highest BCUT2D eigenvalue weighted by Gasteiger charge is 1.97. The first kappa shape index (κ1) is 11.6. The molecule has 0 bridgehead atoms. The van der Waals surface area contributed by atoms with Crippen molar-refractivity contribution in [3.8, 4) is 11.5 Å². The maximum Gasteiger partial charge on any atom is 0.157 e. The quantitative estimate of drug-likeness (QED) is 0.623. The van der Waals surface area contributed by atoms with E-state index in [1.54, 1.807) is 6.07 Å². The minimum absolute atomic E-state index is 0.117. The molecular formula is C14H11ClO2. The van der Waals surface area contributed by atoms with Gasteiger partial charge in [-0.05, 0) is 35.4 Å². The number of aromatic hydroxyl groups is 2. The summed E-state index contributed by atoms with van der Waals surface area (Å²) in [7, 11) is 0. The Balaban J connectivity index is 2.20. The molecule has 0 saturated carbocycles. The van der Waals surface area contributed by atoms with Gasteiger partial charge >= 0.3 is 0 Å². The molecule has 2 N–H and O–H groups in total. The van der Waals surface area contributed by atoms with Crippen LogP contribution in [-0.2, 0) is 0 Å². The zero-order chi connectivity index (χ0) is 12.3. The second-order valence-corrected chi connectivity index (χ2v) is 4.07. The van der Waals surface area contributed by atoms with Crippen LogP contribution in [0.1, 0.15) is 11.1 Å². The molecule has 2 aromatic carbocycles. The van der Waals surface area contributed by atoms with Crippen molar-refractivity contribution in [1.82, 2.24) is 0 Å². The van der Waals surface area contributed by atoms with Crippen LogP contribution in [0.2, 0.25) is 5.02 Å². The van der Waals surface area contributed by atoms with Crippen molar-refractivity contribution in [3.05, 3.63) is 58.6 Å². The van der Waals surface area contributed by atoms with Crippen molar-refractivity contribution in [3.63, 3.8) is 0 Å². The Morgan fingerprint density at radius 1 is 0.765 bits per heavy atom. The monoisotopic (exact) mass is 246 g/mol. The predicted molar refractivity (Wildman–Crippen MR) is 70.2 cm³/mol. The molecule has 0 aliphatic heterocycles. The van der Waals surface area contributed by atoms with Gasteiger partial charge in [-0.15, -0.1) is 0 Å². The fraction of sp³-hybridized carbons (Fsp3) is 0. The predicted octanol–water partition coefficient (Wildman–Crippen LogP) is 3.92. The molecule has 0 unspecified atom stereocenters. The highest BCUT2D eigenvalue weighted by molar-refractivity contribution is 6.30. The van der Waals surface area contributed by atoms with Gasteiger partial charge in [-0.25, -0.2) is 0 Å². The van der Waals surface area contributed by atoms with Gasteiger partial charge in [-0.2, -0.15) is 0 Å². The number of hydrogen-bond acceptors (Lipinski definition) is 2. The van der Waals surface area contributed by atoms with Gasteiger partial charge in [0.2, 0.25) is 0 Å². The third-order valence-corrected chi connectivity index (χ3v) is 2.59. The lowest BCUT2D eigenvalue weighted by molar-refractivity contribution is 0.403. The van der Waals surface area contributed by atoms with E-state index in [2.05, 4.69) is 0 Å². The average molecular weight is 247 g/mol. The van der Waals surface area contributed by atoms with E-state index in [9.17, 15) is 10.2 Å². The maximum absolute atomic E-state index is 9.33. The summed E-state index contributed by atoms with van der Waals surface area (Å²) < 4.78 is 0. The number of phenolic OH excluding ortho intramolecular Hbond substituents is 2. The van der Waals surface area contributed by atoms with Crippen LogP contribution in [0.5, 0.6) is 11.5 Å². The zero-order valence-electron chi connectivity index (χ0n) is 8.97. The summed E-state index contributed by atoms with van der Waals surface area (Å²) in [4.78, 5) is 0. The third kappa shape index (κ3) is 3.02. The number of halogens is 1. The molecule has 2 aromatic rings. The Kier molecular flexibility index (Phi) is 3.35. The molecule has 0 amide bonds. The maximum atomic E-state index is 9.33. The second-order valence-electron chi connectivity index (χ2n) is 3.63. The van der Waals surface area contributed by atoms with Crippen LogP contribution in [-0.4, -0.2) is 10.2 Å². The molecule has 17 heavy (non-hydrogen) atoms. The van der Waals surface area contributed by atoms with E-state index in [0.29, 0.717) is 5.02 Å². The van der Waals surface area contributed by atoms with Gasteiger partial charge in [0, 0.05) is 5.02 Å². The summed E-state index contributed by atoms with van der Waals surface area (Å²) in [5.74, 6) is -0.239. The number of rotatable bonds is 2. The summed E-state index contributed by atoms with van der Waals surface area (Å²) in [6.45, 7) is 0. The third-order valence-electron chi connectivity index (χ3n) is 2.34. The highest BCUT2D eigenvalue weighted by Crippen LogP contribution is 2.25. The lowest BCUT2D eigenvalue weighted by Gasteiger charge is -1.98. The normalized spacial score (nSPS) is 10.9. The van der Waals surface area contributed by atoms with Crippen molar-refractivity contribution >= 4 is 23.8 Å². The minimum atomic E-state index is -0.122. The first-order valence-electron chi connectivity index (χ1n) is 5.11. The van der Waals surface area contributed by atoms with E-state index in [4.69, 9.17) is 11.6 Å². The van der Waals surface area contributed by atoms with Gasteiger partial charge in [0.15, 0.2) is 11.5 Å². The molecule has 0 aliphatic rings. The molecule has 0 spiro atoms. The fourth-order valence-electron chi connectivity index (χ4n) is 1.41. The molecule has 2 rings (SSSR count). The summed E-state index contributed by atoms with van der Waals surface area (Å²) in [6, 6.07) is 12.1. The summed E-state index contributed by atoms with van der Waals surface area (Å²) in [5.41, 5.74) is 1.83. The highest BCUT2D eigenvalue weighted by atomic mass is 35.5. The van der Waals surface area contributed by atoms with Gasteiger partial charge in [0.1, 0.15) is 0 Å². The molecule has 0 aromatic heterocycles. The van der Waals surface area contributed by atoms with Crippen LogP contribution in [0, 0.1) is 0 Å². The van der Waals surface area contributed by atoms with Gasteiger partial charge in [-0.3, -0.25) is 0 Å². The molecular weight excluding hydrogens is 236 g/mol. The number of hydrogen-bond donors (Lipinski definition) is 2. The van der Waals surface area contributed by atoms with Crippen LogP contribution in [0.4, 0.5) is 0 Å². The van der Waals surface area contributed by atoms with Gasteiger partial charge < -0.3 is 10.2 Å². The fourth-order valence-corrected chi connectivity index (χ4v) is 1.54.